The summed E-state index contributed by atoms with van der Waals surface area (Å²) in [6.07, 6.45) is 0. The molecule has 18 heavy (non-hydrogen) atoms. The first-order valence-corrected chi connectivity index (χ1v) is 6.16. The van der Waals surface area contributed by atoms with E-state index in [9.17, 15) is 9.90 Å². The van der Waals surface area contributed by atoms with Gasteiger partial charge in [0.25, 0.3) is 0 Å². The smallest absolute Gasteiger partial charge is 0.325 e. The second-order valence-corrected chi connectivity index (χ2v) is 5.31. The van der Waals surface area contributed by atoms with E-state index in [2.05, 4.69) is 31.4 Å². The Kier molecular flexibility index (Phi) is 5.31. The van der Waals surface area contributed by atoms with Crippen LogP contribution in [-0.4, -0.2) is 29.7 Å². The predicted molar refractivity (Wildman–Crippen MR) is 72.6 cm³/mol. The van der Waals surface area contributed by atoms with Gasteiger partial charge in [0.2, 0.25) is 0 Å². The third kappa shape index (κ3) is 5.29. The number of carbonyl (C=O) groups is 1. The Balaban J connectivity index is 2.48. The van der Waals surface area contributed by atoms with Gasteiger partial charge in [-0.15, -0.1) is 0 Å². The first-order chi connectivity index (χ1) is 8.40. The van der Waals surface area contributed by atoms with Crippen LogP contribution >= 0.6 is 0 Å². The van der Waals surface area contributed by atoms with Crippen LogP contribution in [0.1, 0.15) is 32.4 Å². The van der Waals surface area contributed by atoms with E-state index in [-0.39, 0.29) is 5.54 Å². The van der Waals surface area contributed by atoms with Crippen molar-refractivity contribution in [2.24, 2.45) is 0 Å². The maximum absolute atomic E-state index is 11.2. The number of aliphatic carboxylic acids is 1. The summed E-state index contributed by atoms with van der Waals surface area (Å²) >= 11 is 0. The summed E-state index contributed by atoms with van der Waals surface area (Å²) in [5.74, 6) is -0.850. The number of carboxylic acid groups (broad SMARTS) is 1. The lowest BCUT2D eigenvalue weighted by Crippen LogP contribution is -2.41. The number of hydrogen-bond acceptors (Lipinski definition) is 3. The van der Waals surface area contributed by atoms with E-state index in [1.165, 1.54) is 0 Å². The SMILES string of the molecule is CC(C)(C)NCCNC(C(=O)O)c1ccccc1. The maximum Gasteiger partial charge on any atom is 0.325 e. The highest BCUT2D eigenvalue weighted by atomic mass is 16.4. The molecule has 0 aromatic heterocycles. The molecule has 100 valence electrons. The summed E-state index contributed by atoms with van der Waals surface area (Å²) in [5, 5.41) is 15.6. The molecule has 1 unspecified atom stereocenters. The van der Waals surface area contributed by atoms with Gasteiger partial charge in [-0.25, -0.2) is 0 Å². The molecular formula is C14H22N2O2. The van der Waals surface area contributed by atoms with Crippen LogP contribution in [0.3, 0.4) is 0 Å². The molecule has 0 radical (unpaired) electrons. The van der Waals surface area contributed by atoms with Gasteiger partial charge in [0.1, 0.15) is 6.04 Å². The van der Waals surface area contributed by atoms with Gasteiger partial charge in [-0.3, -0.25) is 10.1 Å². The van der Waals surface area contributed by atoms with Crippen molar-refractivity contribution in [3.8, 4) is 0 Å². The van der Waals surface area contributed by atoms with Crippen molar-refractivity contribution < 1.29 is 9.90 Å². The zero-order chi connectivity index (χ0) is 13.6. The second-order valence-electron chi connectivity index (χ2n) is 5.31. The second kappa shape index (κ2) is 6.52. The zero-order valence-corrected chi connectivity index (χ0v) is 11.2. The molecule has 0 saturated carbocycles. The fourth-order valence-electron chi connectivity index (χ4n) is 1.65. The van der Waals surface area contributed by atoms with Gasteiger partial charge in [0.05, 0.1) is 0 Å². The molecule has 0 bridgehead atoms. The molecule has 0 amide bonds. The highest BCUT2D eigenvalue weighted by Gasteiger charge is 2.18. The van der Waals surface area contributed by atoms with Crippen LogP contribution < -0.4 is 10.6 Å². The maximum atomic E-state index is 11.2. The largest absolute Gasteiger partial charge is 0.480 e. The lowest BCUT2D eigenvalue weighted by atomic mass is 10.1. The van der Waals surface area contributed by atoms with Crippen molar-refractivity contribution >= 4 is 5.97 Å². The Morgan fingerprint density at radius 2 is 1.83 bits per heavy atom. The molecule has 4 nitrogen and oxygen atoms in total. The molecule has 0 fully saturated rings. The van der Waals surface area contributed by atoms with Crippen LogP contribution in [0.25, 0.3) is 0 Å². The minimum absolute atomic E-state index is 0.0488. The van der Waals surface area contributed by atoms with E-state index >= 15 is 0 Å². The summed E-state index contributed by atoms with van der Waals surface area (Å²) in [5.41, 5.74) is 0.827. The Morgan fingerprint density at radius 3 is 2.33 bits per heavy atom. The standard InChI is InChI=1S/C14H22N2O2/c1-14(2,3)16-10-9-15-12(13(17)18)11-7-5-4-6-8-11/h4-8,12,15-16H,9-10H2,1-3H3,(H,17,18). The number of benzene rings is 1. The van der Waals surface area contributed by atoms with Gasteiger partial charge < -0.3 is 10.4 Å². The predicted octanol–water partition coefficient (Wildman–Crippen LogP) is 1.79. The van der Waals surface area contributed by atoms with Crippen LogP contribution in [0.4, 0.5) is 0 Å². The lowest BCUT2D eigenvalue weighted by molar-refractivity contribution is -0.139. The van der Waals surface area contributed by atoms with E-state index in [1.807, 2.05) is 30.3 Å². The molecule has 4 heteroatoms. The summed E-state index contributed by atoms with van der Waals surface area (Å²) in [7, 11) is 0. The Bertz CT molecular complexity index is 371. The third-order valence-corrected chi connectivity index (χ3v) is 2.51. The van der Waals surface area contributed by atoms with E-state index in [4.69, 9.17) is 0 Å². The lowest BCUT2D eigenvalue weighted by Gasteiger charge is -2.21. The first kappa shape index (κ1) is 14.7. The van der Waals surface area contributed by atoms with E-state index in [0.29, 0.717) is 6.54 Å². The molecule has 0 spiro atoms. The van der Waals surface area contributed by atoms with Gasteiger partial charge in [-0.2, -0.15) is 0 Å². The zero-order valence-electron chi connectivity index (χ0n) is 11.2. The fourth-order valence-corrected chi connectivity index (χ4v) is 1.65. The van der Waals surface area contributed by atoms with Crippen molar-refractivity contribution in [3.63, 3.8) is 0 Å². The van der Waals surface area contributed by atoms with Crippen molar-refractivity contribution in [2.45, 2.75) is 32.4 Å². The molecular weight excluding hydrogens is 228 g/mol. The third-order valence-electron chi connectivity index (χ3n) is 2.51. The molecule has 1 atom stereocenters. The van der Waals surface area contributed by atoms with Gasteiger partial charge >= 0.3 is 5.97 Å². The summed E-state index contributed by atoms with van der Waals surface area (Å²) in [6, 6.07) is 8.57. The normalized spacial score (nSPS) is 13.3. The van der Waals surface area contributed by atoms with Gasteiger partial charge in [0, 0.05) is 18.6 Å². The molecule has 0 aliphatic rings. The minimum Gasteiger partial charge on any atom is -0.480 e. The monoisotopic (exact) mass is 250 g/mol. The van der Waals surface area contributed by atoms with Crippen molar-refractivity contribution in [1.82, 2.24) is 10.6 Å². The van der Waals surface area contributed by atoms with Gasteiger partial charge in [-0.1, -0.05) is 30.3 Å². The Labute approximate surface area is 108 Å². The average molecular weight is 250 g/mol. The Hall–Kier alpha value is -1.39. The quantitative estimate of drug-likeness (QED) is 0.674. The highest BCUT2D eigenvalue weighted by molar-refractivity contribution is 5.75. The molecule has 0 heterocycles. The van der Waals surface area contributed by atoms with E-state index in [0.717, 1.165) is 12.1 Å². The number of nitrogens with one attached hydrogen (secondary N) is 2. The van der Waals surface area contributed by atoms with Crippen LogP contribution in [0.5, 0.6) is 0 Å². The van der Waals surface area contributed by atoms with Crippen LogP contribution in [0.2, 0.25) is 0 Å². The molecule has 3 N–H and O–H groups in total. The fraction of sp³-hybridized carbons (Fsp3) is 0.500. The van der Waals surface area contributed by atoms with Gasteiger partial charge in [-0.05, 0) is 26.3 Å². The molecule has 0 aliphatic heterocycles. The van der Waals surface area contributed by atoms with Gasteiger partial charge in [0.15, 0.2) is 0 Å². The Morgan fingerprint density at radius 1 is 1.22 bits per heavy atom. The van der Waals surface area contributed by atoms with Crippen molar-refractivity contribution in [1.29, 1.82) is 0 Å². The number of hydrogen-bond donors (Lipinski definition) is 3. The minimum atomic E-state index is -0.850. The topological polar surface area (TPSA) is 61.4 Å². The van der Waals surface area contributed by atoms with Crippen LogP contribution in [0, 0.1) is 0 Å². The first-order valence-electron chi connectivity index (χ1n) is 6.16. The number of rotatable bonds is 6. The average Bonchev–Trinajstić information content (AvgIpc) is 2.28. The summed E-state index contributed by atoms with van der Waals surface area (Å²) in [6.45, 7) is 7.60. The van der Waals surface area contributed by atoms with Crippen molar-refractivity contribution in [3.05, 3.63) is 35.9 Å². The molecule has 1 aromatic carbocycles. The van der Waals surface area contributed by atoms with Crippen LogP contribution in [-0.2, 0) is 4.79 Å². The molecule has 1 rings (SSSR count). The molecule has 0 aliphatic carbocycles. The molecule has 0 saturated heterocycles. The highest BCUT2D eigenvalue weighted by Crippen LogP contribution is 2.12. The van der Waals surface area contributed by atoms with E-state index in [1.54, 1.807) is 0 Å². The molecule has 1 aromatic rings. The van der Waals surface area contributed by atoms with Crippen molar-refractivity contribution in [2.75, 3.05) is 13.1 Å². The number of carboxylic acids is 1. The van der Waals surface area contributed by atoms with Crippen LogP contribution in [0.15, 0.2) is 30.3 Å². The summed E-state index contributed by atoms with van der Waals surface area (Å²) in [4.78, 5) is 11.2. The summed E-state index contributed by atoms with van der Waals surface area (Å²) < 4.78 is 0. The van der Waals surface area contributed by atoms with E-state index < -0.39 is 12.0 Å².